The highest BCUT2D eigenvalue weighted by Crippen LogP contribution is 2.27. The van der Waals surface area contributed by atoms with Crippen LogP contribution in [0.4, 0.5) is 0 Å². The second-order valence-corrected chi connectivity index (χ2v) is 5.78. The van der Waals surface area contributed by atoms with Gasteiger partial charge in [0.25, 0.3) is 0 Å². The minimum Gasteiger partial charge on any atom is -0.382 e. The summed E-state index contributed by atoms with van der Waals surface area (Å²) in [4.78, 5) is 2.10. The summed E-state index contributed by atoms with van der Waals surface area (Å²) in [5.41, 5.74) is -0.109. The molecule has 0 saturated heterocycles. The van der Waals surface area contributed by atoms with Gasteiger partial charge in [-0.3, -0.25) is 4.68 Å². The van der Waals surface area contributed by atoms with E-state index >= 15 is 0 Å². The fourth-order valence-corrected chi connectivity index (χ4v) is 2.54. The second kappa shape index (κ2) is 6.65. The standard InChI is InChI=1S/C12H23BrN4O/c1-5-14-9-12(2,18)11-10(13)8-15-17(11)7-6-16(3)4/h8,14,18H,5-7,9H2,1-4H3. The first-order valence-corrected chi connectivity index (χ1v) is 6.97. The van der Waals surface area contributed by atoms with Crippen molar-refractivity contribution in [3.8, 4) is 0 Å². The zero-order valence-electron chi connectivity index (χ0n) is 11.6. The van der Waals surface area contributed by atoms with Gasteiger partial charge in [-0.05, 0) is 43.5 Å². The average molecular weight is 319 g/mol. The molecule has 0 amide bonds. The van der Waals surface area contributed by atoms with Crippen LogP contribution in [0.5, 0.6) is 0 Å². The topological polar surface area (TPSA) is 53.3 Å². The number of likely N-dealkylation sites (N-methyl/N-ethyl adjacent to an activating group) is 2. The number of rotatable bonds is 7. The molecule has 0 aliphatic heterocycles. The van der Waals surface area contributed by atoms with Gasteiger partial charge >= 0.3 is 0 Å². The molecule has 0 fully saturated rings. The van der Waals surface area contributed by atoms with Crippen molar-refractivity contribution in [2.75, 3.05) is 33.7 Å². The Labute approximate surface area is 117 Å². The number of nitrogens with one attached hydrogen (secondary N) is 1. The Bertz CT molecular complexity index is 376. The lowest BCUT2D eigenvalue weighted by atomic mass is 10.0. The lowest BCUT2D eigenvalue weighted by Gasteiger charge is -2.26. The molecule has 1 unspecified atom stereocenters. The van der Waals surface area contributed by atoms with Crippen molar-refractivity contribution in [3.63, 3.8) is 0 Å². The lowest BCUT2D eigenvalue weighted by molar-refractivity contribution is 0.0468. The maximum Gasteiger partial charge on any atom is 0.117 e. The van der Waals surface area contributed by atoms with Crippen molar-refractivity contribution >= 4 is 15.9 Å². The third-order valence-corrected chi connectivity index (χ3v) is 3.36. The van der Waals surface area contributed by atoms with E-state index in [9.17, 15) is 5.11 Å². The third-order valence-electron chi connectivity index (χ3n) is 2.78. The summed E-state index contributed by atoms with van der Waals surface area (Å²) < 4.78 is 2.71. The highest BCUT2D eigenvalue weighted by atomic mass is 79.9. The molecule has 0 aliphatic carbocycles. The Morgan fingerprint density at radius 3 is 2.78 bits per heavy atom. The number of nitrogens with zero attached hydrogens (tertiary/aromatic N) is 3. The molecule has 1 atom stereocenters. The maximum absolute atomic E-state index is 10.6. The molecule has 0 bridgehead atoms. The third kappa shape index (κ3) is 4.05. The summed E-state index contributed by atoms with van der Waals surface area (Å²) in [5.74, 6) is 0. The zero-order chi connectivity index (χ0) is 13.8. The lowest BCUT2D eigenvalue weighted by Crippen LogP contribution is -2.38. The van der Waals surface area contributed by atoms with Gasteiger partial charge in [-0.2, -0.15) is 5.10 Å². The Balaban J connectivity index is 2.88. The fraction of sp³-hybridized carbons (Fsp3) is 0.750. The summed E-state index contributed by atoms with van der Waals surface area (Å²) in [7, 11) is 4.05. The number of aromatic nitrogens is 2. The van der Waals surface area contributed by atoms with Crippen LogP contribution < -0.4 is 5.32 Å². The first kappa shape index (κ1) is 15.6. The van der Waals surface area contributed by atoms with E-state index < -0.39 is 5.60 Å². The van der Waals surface area contributed by atoms with Crippen molar-refractivity contribution in [1.82, 2.24) is 20.0 Å². The smallest absolute Gasteiger partial charge is 0.117 e. The molecule has 1 aromatic rings. The van der Waals surface area contributed by atoms with Crippen LogP contribution in [0.2, 0.25) is 0 Å². The molecule has 1 rings (SSSR count). The Kier molecular flexibility index (Phi) is 5.78. The molecule has 104 valence electrons. The highest BCUT2D eigenvalue weighted by molar-refractivity contribution is 9.10. The minimum atomic E-state index is -0.933. The van der Waals surface area contributed by atoms with Crippen molar-refractivity contribution in [2.24, 2.45) is 0 Å². The average Bonchev–Trinajstić information content (AvgIpc) is 2.66. The number of aliphatic hydroxyl groups is 1. The molecule has 5 nitrogen and oxygen atoms in total. The van der Waals surface area contributed by atoms with E-state index in [1.165, 1.54) is 0 Å². The summed E-state index contributed by atoms with van der Waals surface area (Å²) >= 11 is 3.47. The van der Waals surface area contributed by atoms with E-state index in [0.29, 0.717) is 6.54 Å². The predicted molar refractivity (Wildman–Crippen MR) is 76.6 cm³/mol. The van der Waals surface area contributed by atoms with Gasteiger partial charge in [-0.15, -0.1) is 0 Å². The fourth-order valence-electron chi connectivity index (χ4n) is 1.81. The molecule has 6 heteroatoms. The van der Waals surface area contributed by atoms with Crippen molar-refractivity contribution < 1.29 is 5.11 Å². The van der Waals surface area contributed by atoms with E-state index in [1.54, 1.807) is 6.20 Å². The normalized spacial score (nSPS) is 15.1. The molecule has 1 heterocycles. The van der Waals surface area contributed by atoms with Gasteiger partial charge in [0, 0.05) is 13.1 Å². The maximum atomic E-state index is 10.6. The zero-order valence-corrected chi connectivity index (χ0v) is 13.2. The number of halogens is 1. The summed E-state index contributed by atoms with van der Waals surface area (Å²) in [6.07, 6.45) is 1.74. The van der Waals surface area contributed by atoms with Crippen molar-refractivity contribution in [1.29, 1.82) is 0 Å². The van der Waals surface area contributed by atoms with E-state index in [-0.39, 0.29) is 0 Å². The van der Waals surface area contributed by atoms with Crippen LogP contribution in [-0.2, 0) is 12.1 Å². The van der Waals surface area contributed by atoms with Gasteiger partial charge in [0.15, 0.2) is 0 Å². The van der Waals surface area contributed by atoms with Crippen LogP contribution in [0.3, 0.4) is 0 Å². The molecule has 0 radical (unpaired) electrons. The minimum absolute atomic E-state index is 0.510. The predicted octanol–water partition coefficient (Wildman–Crippen LogP) is 1.02. The van der Waals surface area contributed by atoms with Gasteiger partial charge in [-0.1, -0.05) is 6.92 Å². The largest absolute Gasteiger partial charge is 0.382 e. The van der Waals surface area contributed by atoms with Crippen LogP contribution in [0.1, 0.15) is 19.5 Å². The first-order chi connectivity index (χ1) is 8.38. The van der Waals surface area contributed by atoms with Crippen LogP contribution in [0, 0.1) is 0 Å². The number of hydrogen-bond acceptors (Lipinski definition) is 4. The van der Waals surface area contributed by atoms with Gasteiger partial charge in [0.2, 0.25) is 0 Å². The van der Waals surface area contributed by atoms with Crippen LogP contribution in [0.15, 0.2) is 10.7 Å². The van der Waals surface area contributed by atoms with E-state index in [0.717, 1.165) is 29.8 Å². The van der Waals surface area contributed by atoms with E-state index in [4.69, 9.17) is 0 Å². The molecular weight excluding hydrogens is 296 g/mol. The SMILES string of the molecule is CCNCC(C)(O)c1c(Br)cnn1CCN(C)C. The molecule has 0 saturated carbocycles. The van der Waals surface area contributed by atoms with E-state index in [2.05, 4.69) is 31.2 Å². The highest BCUT2D eigenvalue weighted by Gasteiger charge is 2.29. The van der Waals surface area contributed by atoms with Gasteiger partial charge in [0.1, 0.15) is 5.60 Å². The van der Waals surface area contributed by atoms with Gasteiger partial charge in [0.05, 0.1) is 22.9 Å². The molecule has 0 aromatic carbocycles. The quantitative estimate of drug-likeness (QED) is 0.788. The Morgan fingerprint density at radius 1 is 1.56 bits per heavy atom. The van der Waals surface area contributed by atoms with Crippen LogP contribution in [-0.4, -0.2) is 53.5 Å². The van der Waals surface area contributed by atoms with Crippen LogP contribution >= 0.6 is 15.9 Å². The van der Waals surface area contributed by atoms with E-state index in [1.807, 2.05) is 32.6 Å². The summed E-state index contributed by atoms with van der Waals surface area (Å²) in [6, 6.07) is 0. The molecular formula is C12H23BrN4O. The molecule has 2 N–H and O–H groups in total. The molecule has 18 heavy (non-hydrogen) atoms. The van der Waals surface area contributed by atoms with Gasteiger partial charge in [-0.25, -0.2) is 0 Å². The number of hydrogen-bond donors (Lipinski definition) is 2. The first-order valence-electron chi connectivity index (χ1n) is 6.18. The Hall–Kier alpha value is -0.430. The molecule has 1 aromatic heterocycles. The van der Waals surface area contributed by atoms with Crippen molar-refractivity contribution in [2.45, 2.75) is 26.0 Å². The van der Waals surface area contributed by atoms with Crippen molar-refractivity contribution in [3.05, 3.63) is 16.4 Å². The summed E-state index contributed by atoms with van der Waals surface area (Å²) in [6.45, 7) is 6.82. The monoisotopic (exact) mass is 318 g/mol. The molecule has 0 aliphatic rings. The summed E-state index contributed by atoms with van der Waals surface area (Å²) in [5, 5.41) is 18.1. The van der Waals surface area contributed by atoms with Crippen LogP contribution in [0.25, 0.3) is 0 Å². The molecule has 0 spiro atoms. The second-order valence-electron chi connectivity index (χ2n) is 4.92. The Morgan fingerprint density at radius 2 is 2.22 bits per heavy atom. The van der Waals surface area contributed by atoms with Gasteiger partial charge < -0.3 is 15.3 Å².